The lowest BCUT2D eigenvalue weighted by Crippen LogP contribution is -2.55. The molecule has 1 aromatic heterocycles. The van der Waals surface area contributed by atoms with Crippen molar-refractivity contribution in [3.63, 3.8) is 0 Å². The molecule has 0 radical (unpaired) electrons. The third-order valence-electron chi connectivity index (χ3n) is 6.13. The largest absolute Gasteiger partial charge is 0.339 e. The van der Waals surface area contributed by atoms with Crippen molar-refractivity contribution in [2.75, 3.05) is 25.4 Å². The van der Waals surface area contributed by atoms with Gasteiger partial charge in [-0.2, -0.15) is 0 Å². The molecule has 9 heteroatoms. The van der Waals surface area contributed by atoms with Crippen LogP contribution in [0.15, 0.2) is 59.8 Å². The molecule has 1 saturated heterocycles. The lowest BCUT2D eigenvalue weighted by atomic mass is 10.1. The Labute approximate surface area is 215 Å². The smallest absolute Gasteiger partial charge is 0.222 e. The van der Waals surface area contributed by atoms with Crippen LogP contribution in [0.3, 0.4) is 0 Å². The Morgan fingerprint density at radius 1 is 1.03 bits per heavy atom. The van der Waals surface area contributed by atoms with Crippen LogP contribution in [-0.2, 0) is 9.59 Å². The van der Waals surface area contributed by atoms with Gasteiger partial charge in [0.25, 0.3) is 0 Å². The second kappa shape index (κ2) is 11.7. The van der Waals surface area contributed by atoms with Gasteiger partial charge in [-0.1, -0.05) is 60.6 Å². The van der Waals surface area contributed by atoms with E-state index in [1.165, 1.54) is 0 Å². The fourth-order valence-corrected chi connectivity index (χ4v) is 5.40. The predicted octanol–water partition coefficient (Wildman–Crippen LogP) is 4.93. The maximum absolute atomic E-state index is 12.8. The summed E-state index contributed by atoms with van der Waals surface area (Å²) in [5, 5.41) is 10.3. The van der Waals surface area contributed by atoms with Gasteiger partial charge in [-0.3, -0.25) is 14.2 Å². The molecular weight excluding hydrogens is 482 g/mol. The van der Waals surface area contributed by atoms with E-state index in [2.05, 4.69) is 10.2 Å². The van der Waals surface area contributed by atoms with Crippen LogP contribution in [0.1, 0.15) is 33.1 Å². The molecule has 35 heavy (non-hydrogen) atoms. The Bertz CT molecular complexity index is 1170. The number of carbonyl (C=O) groups is 2. The number of nitrogens with zero attached hydrogens (tertiary/aromatic N) is 5. The van der Waals surface area contributed by atoms with E-state index in [9.17, 15) is 9.59 Å². The molecule has 0 aliphatic carbocycles. The minimum Gasteiger partial charge on any atom is -0.339 e. The third kappa shape index (κ3) is 5.87. The van der Waals surface area contributed by atoms with E-state index in [1.807, 2.05) is 82.8 Å². The molecule has 1 fully saturated rings. The molecule has 3 aromatic rings. The topological polar surface area (TPSA) is 71.3 Å². The van der Waals surface area contributed by atoms with Crippen LogP contribution in [-0.4, -0.2) is 67.8 Å². The zero-order chi connectivity index (χ0) is 24.8. The molecule has 0 spiro atoms. The van der Waals surface area contributed by atoms with Gasteiger partial charge in [-0.25, -0.2) is 0 Å². The van der Waals surface area contributed by atoms with Crippen molar-refractivity contribution in [2.24, 2.45) is 0 Å². The number of amides is 2. The molecule has 1 atom stereocenters. The summed E-state index contributed by atoms with van der Waals surface area (Å²) in [7, 11) is 0. The summed E-state index contributed by atoms with van der Waals surface area (Å²) < 4.78 is 2.01. The number of para-hydroxylation sites is 1. The lowest BCUT2D eigenvalue weighted by molar-refractivity contribution is -0.142. The highest BCUT2D eigenvalue weighted by atomic mass is 35.5. The number of thioether (sulfide) groups is 1. The van der Waals surface area contributed by atoms with E-state index in [0.717, 1.165) is 28.6 Å². The average molecular weight is 512 g/mol. The van der Waals surface area contributed by atoms with Gasteiger partial charge in [0.2, 0.25) is 11.8 Å². The number of halogens is 1. The first-order chi connectivity index (χ1) is 17.0. The van der Waals surface area contributed by atoms with Gasteiger partial charge < -0.3 is 9.80 Å². The van der Waals surface area contributed by atoms with Crippen molar-refractivity contribution in [1.29, 1.82) is 0 Å². The number of hydrogen-bond donors (Lipinski definition) is 0. The summed E-state index contributed by atoms with van der Waals surface area (Å²) in [6, 6.07) is 17.6. The summed E-state index contributed by atoms with van der Waals surface area (Å²) in [6.45, 7) is 5.70. The SMILES string of the molecule is CCC(=O)N1CCN(C(=O)CCCSc2nnc(-c3ccccc3Cl)n2-c2ccccc2)CC1C. The molecule has 2 heterocycles. The highest BCUT2D eigenvalue weighted by Gasteiger charge is 2.28. The predicted molar refractivity (Wildman–Crippen MR) is 140 cm³/mol. The second-order valence-electron chi connectivity index (χ2n) is 8.54. The zero-order valence-electron chi connectivity index (χ0n) is 20.1. The van der Waals surface area contributed by atoms with Crippen LogP contribution in [0, 0.1) is 0 Å². The van der Waals surface area contributed by atoms with Crippen molar-refractivity contribution >= 4 is 35.2 Å². The molecule has 0 saturated carbocycles. The van der Waals surface area contributed by atoms with E-state index in [-0.39, 0.29) is 17.9 Å². The molecule has 1 aliphatic rings. The minimum atomic E-state index is 0.0576. The molecular formula is C26H30ClN5O2S. The Kier molecular flexibility index (Phi) is 8.46. The normalized spacial score (nSPS) is 15.9. The van der Waals surface area contributed by atoms with Crippen LogP contribution in [0.4, 0.5) is 0 Å². The highest BCUT2D eigenvalue weighted by molar-refractivity contribution is 7.99. The van der Waals surface area contributed by atoms with Gasteiger partial charge in [0.15, 0.2) is 11.0 Å². The van der Waals surface area contributed by atoms with Crippen molar-refractivity contribution in [1.82, 2.24) is 24.6 Å². The van der Waals surface area contributed by atoms with Gasteiger partial charge in [0, 0.05) is 55.5 Å². The molecule has 2 amide bonds. The molecule has 4 rings (SSSR count). The Balaban J connectivity index is 1.39. The molecule has 2 aromatic carbocycles. The summed E-state index contributed by atoms with van der Waals surface area (Å²) in [4.78, 5) is 28.6. The van der Waals surface area contributed by atoms with Crippen LogP contribution in [0.25, 0.3) is 17.1 Å². The third-order valence-corrected chi connectivity index (χ3v) is 7.48. The van der Waals surface area contributed by atoms with Crippen molar-refractivity contribution < 1.29 is 9.59 Å². The van der Waals surface area contributed by atoms with E-state index in [0.29, 0.717) is 43.3 Å². The summed E-state index contributed by atoms with van der Waals surface area (Å²) in [6.07, 6.45) is 1.70. The van der Waals surface area contributed by atoms with Gasteiger partial charge in [-0.15, -0.1) is 10.2 Å². The zero-order valence-corrected chi connectivity index (χ0v) is 21.6. The van der Waals surface area contributed by atoms with Crippen LogP contribution in [0.2, 0.25) is 5.02 Å². The second-order valence-corrected chi connectivity index (χ2v) is 10.0. The first kappa shape index (κ1) is 25.3. The number of hydrogen-bond acceptors (Lipinski definition) is 5. The van der Waals surface area contributed by atoms with E-state index in [4.69, 9.17) is 11.6 Å². The number of carbonyl (C=O) groups excluding carboxylic acids is 2. The highest BCUT2D eigenvalue weighted by Crippen LogP contribution is 2.32. The van der Waals surface area contributed by atoms with E-state index in [1.54, 1.807) is 11.8 Å². The molecule has 1 unspecified atom stereocenters. The maximum Gasteiger partial charge on any atom is 0.222 e. The van der Waals surface area contributed by atoms with Crippen LogP contribution < -0.4 is 0 Å². The summed E-state index contributed by atoms with van der Waals surface area (Å²) in [5.41, 5.74) is 1.78. The fraction of sp³-hybridized carbons (Fsp3) is 0.385. The minimum absolute atomic E-state index is 0.0576. The lowest BCUT2D eigenvalue weighted by Gasteiger charge is -2.40. The standard InChI is InChI=1S/C26H30ClN5O2S/c1-3-23(33)31-16-15-30(18-19(31)2)24(34)14-9-17-35-26-29-28-25(21-12-7-8-13-22(21)27)32(26)20-10-5-4-6-11-20/h4-8,10-13,19H,3,9,14-18H2,1-2H3. The van der Waals surface area contributed by atoms with E-state index >= 15 is 0 Å². The first-order valence-corrected chi connectivity index (χ1v) is 13.3. The van der Waals surface area contributed by atoms with Crippen LogP contribution >= 0.6 is 23.4 Å². The monoisotopic (exact) mass is 511 g/mol. The van der Waals surface area contributed by atoms with Crippen molar-refractivity contribution in [2.45, 2.75) is 44.3 Å². The molecule has 7 nitrogen and oxygen atoms in total. The fourth-order valence-electron chi connectivity index (χ4n) is 4.29. The maximum atomic E-state index is 12.8. The molecule has 0 N–H and O–H groups in total. The van der Waals surface area contributed by atoms with E-state index < -0.39 is 0 Å². The molecule has 1 aliphatic heterocycles. The number of benzene rings is 2. The van der Waals surface area contributed by atoms with Crippen molar-refractivity contribution in [3.05, 3.63) is 59.6 Å². The molecule has 184 valence electrons. The van der Waals surface area contributed by atoms with Crippen LogP contribution in [0.5, 0.6) is 0 Å². The Morgan fingerprint density at radius 2 is 1.77 bits per heavy atom. The number of piperazine rings is 1. The van der Waals surface area contributed by atoms with Gasteiger partial charge >= 0.3 is 0 Å². The average Bonchev–Trinajstić information content (AvgIpc) is 3.30. The first-order valence-electron chi connectivity index (χ1n) is 12.0. The van der Waals surface area contributed by atoms with Gasteiger partial charge in [0.1, 0.15) is 0 Å². The Hall–Kier alpha value is -2.84. The van der Waals surface area contributed by atoms with Crippen molar-refractivity contribution in [3.8, 4) is 17.1 Å². The number of rotatable bonds is 8. The number of aromatic nitrogens is 3. The summed E-state index contributed by atoms with van der Waals surface area (Å²) in [5.74, 6) is 1.72. The Morgan fingerprint density at radius 3 is 2.49 bits per heavy atom. The van der Waals surface area contributed by atoms with Gasteiger partial charge in [0.05, 0.1) is 5.02 Å². The van der Waals surface area contributed by atoms with Gasteiger partial charge in [-0.05, 0) is 37.6 Å². The molecule has 0 bridgehead atoms. The quantitative estimate of drug-likeness (QED) is 0.317. The summed E-state index contributed by atoms with van der Waals surface area (Å²) >= 11 is 8.04.